The number of anilines is 1. The summed E-state index contributed by atoms with van der Waals surface area (Å²) in [4.78, 5) is 13.6. The number of nitrogens with two attached hydrogens (primary N) is 1. The van der Waals surface area contributed by atoms with Gasteiger partial charge in [-0.2, -0.15) is 0 Å². The summed E-state index contributed by atoms with van der Waals surface area (Å²) in [5.74, 6) is 0.593. The molecule has 1 aromatic rings. The van der Waals surface area contributed by atoms with Gasteiger partial charge in [0.2, 0.25) is 0 Å². The van der Waals surface area contributed by atoms with E-state index >= 15 is 0 Å². The number of amides is 1. The number of carbonyl (C=O) groups excluding carboxylic acids is 1. The predicted octanol–water partition coefficient (Wildman–Crippen LogP) is 2.34. The van der Waals surface area contributed by atoms with Crippen molar-refractivity contribution in [3.8, 4) is 5.75 Å². The largest absolute Gasteiger partial charge is 0.481 e. The van der Waals surface area contributed by atoms with Gasteiger partial charge in [-0.05, 0) is 37.5 Å². The molecule has 1 aliphatic carbocycles. The van der Waals surface area contributed by atoms with Crippen LogP contribution < -0.4 is 10.5 Å². The molecule has 1 fully saturated rings. The number of rotatable bonds is 4. The first kappa shape index (κ1) is 13.2. The molecule has 0 unspecified atom stereocenters. The van der Waals surface area contributed by atoms with E-state index in [0.717, 1.165) is 22.9 Å². The van der Waals surface area contributed by atoms with Gasteiger partial charge in [-0.1, -0.05) is 15.9 Å². The molecule has 18 heavy (non-hydrogen) atoms. The summed E-state index contributed by atoms with van der Waals surface area (Å²) >= 11 is 3.37. The number of benzene rings is 1. The lowest BCUT2D eigenvalue weighted by Crippen LogP contribution is -2.33. The van der Waals surface area contributed by atoms with E-state index in [0.29, 0.717) is 17.5 Å². The zero-order chi connectivity index (χ0) is 13.3. The highest BCUT2D eigenvalue weighted by Gasteiger charge is 2.29. The number of nitrogens with zero attached hydrogens (tertiary/aromatic N) is 1. The molecule has 1 aliphatic rings. The lowest BCUT2D eigenvalue weighted by Gasteiger charge is -2.18. The fourth-order valence-electron chi connectivity index (χ4n) is 1.85. The number of likely N-dealkylation sites (N-methyl/N-ethyl adjacent to an activating group) is 1. The summed E-state index contributed by atoms with van der Waals surface area (Å²) in [7, 11) is 1.82. The Kier molecular flexibility index (Phi) is 3.80. The van der Waals surface area contributed by atoms with Crippen LogP contribution in [0.5, 0.6) is 5.75 Å². The van der Waals surface area contributed by atoms with Crippen LogP contribution >= 0.6 is 15.9 Å². The maximum atomic E-state index is 11.8. The van der Waals surface area contributed by atoms with Crippen molar-refractivity contribution >= 4 is 27.5 Å². The number of hydrogen-bond acceptors (Lipinski definition) is 3. The second kappa shape index (κ2) is 5.18. The molecular formula is C13H17BrN2O2. The Labute approximate surface area is 115 Å². The molecule has 1 amide bonds. The van der Waals surface area contributed by atoms with Crippen molar-refractivity contribution in [2.45, 2.75) is 25.8 Å². The summed E-state index contributed by atoms with van der Waals surface area (Å²) in [6.07, 6.45) is 2.20. The molecule has 2 rings (SSSR count). The molecule has 0 aliphatic heterocycles. The van der Waals surface area contributed by atoms with E-state index in [1.54, 1.807) is 11.0 Å². The van der Waals surface area contributed by atoms with Crippen LogP contribution in [0.4, 0.5) is 5.69 Å². The van der Waals surface area contributed by atoms with Crippen molar-refractivity contribution in [3.63, 3.8) is 0 Å². The van der Waals surface area contributed by atoms with Crippen molar-refractivity contribution in [2.24, 2.45) is 0 Å². The van der Waals surface area contributed by atoms with Gasteiger partial charge in [0.1, 0.15) is 5.75 Å². The lowest BCUT2D eigenvalue weighted by atomic mass is 10.2. The van der Waals surface area contributed by atoms with Crippen molar-refractivity contribution in [3.05, 3.63) is 22.2 Å². The smallest absolute Gasteiger partial charge is 0.260 e. The van der Waals surface area contributed by atoms with E-state index in [1.807, 2.05) is 20.0 Å². The summed E-state index contributed by atoms with van der Waals surface area (Å²) in [6, 6.07) is 4.10. The van der Waals surface area contributed by atoms with Crippen molar-refractivity contribution in [2.75, 3.05) is 19.4 Å². The minimum atomic E-state index is -0.000723. The Hall–Kier alpha value is -1.23. The highest BCUT2D eigenvalue weighted by Crippen LogP contribution is 2.30. The first-order chi connectivity index (χ1) is 8.49. The van der Waals surface area contributed by atoms with E-state index in [2.05, 4.69) is 15.9 Å². The second-order valence-corrected chi connectivity index (χ2v) is 5.58. The molecule has 0 heterocycles. The van der Waals surface area contributed by atoms with E-state index in [-0.39, 0.29) is 12.5 Å². The molecule has 98 valence electrons. The first-order valence-corrected chi connectivity index (χ1v) is 6.72. The third kappa shape index (κ3) is 2.96. The van der Waals surface area contributed by atoms with E-state index in [4.69, 9.17) is 10.5 Å². The first-order valence-electron chi connectivity index (χ1n) is 5.93. The summed E-state index contributed by atoms with van der Waals surface area (Å²) in [6.45, 7) is 1.95. The SMILES string of the molecule is Cc1cc(Br)cc(N)c1OCC(=O)N(C)C1CC1. The molecule has 1 aromatic carbocycles. The minimum Gasteiger partial charge on any atom is -0.481 e. The van der Waals surface area contributed by atoms with Crippen LogP contribution in [0.25, 0.3) is 0 Å². The van der Waals surface area contributed by atoms with Crippen LogP contribution in [0, 0.1) is 6.92 Å². The van der Waals surface area contributed by atoms with Gasteiger partial charge in [-0.15, -0.1) is 0 Å². The van der Waals surface area contributed by atoms with E-state index in [9.17, 15) is 4.79 Å². The van der Waals surface area contributed by atoms with Gasteiger partial charge < -0.3 is 15.4 Å². The summed E-state index contributed by atoms with van der Waals surface area (Å²) in [5.41, 5.74) is 7.34. The Morgan fingerprint density at radius 1 is 1.56 bits per heavy atom. The number of ether oxygens (including phenoxy) is 1. The molecule has 2 N–H and O–H groups in total. The van der Waals surface area contributed by atoms with Gasteiger partial charge in [0, 0.05) is 17.6 Å². The van der Waals surface area contributed by atoms with Crippen molar-refractivity contribution in [1.82, 2.24) is 4.90 Å². The van der Waals surface area contributed by atoms with Crippen molar-refractivity contribution in [1.29, 1.82) is 0 Å². The van der Waals surface area contributed by atoms with Gasteiger partial charge >= 0.3 is 0 Å². The molecule has 0 aromatic heterocycles. The Morgan fingerprint density at radius 3 is 2.78 bits per heavy atom. The van der Waals surface area contributed by atoms with E-state index in [1.165, 1.54) is 0 Å². The molecular weight excluding hydrogens is 296 g/mol. The van der Waals surface area contributed by atoms with Crippen molar-refractivity contribution < 1.29 is 9.53 Å². The van der Waals surface area contributed by atoms with E-state index < -0.39 is 0 Å². The van der Waals surface area contributed by atoms with Gasteiger partial charge in [0.15, 0.2) is 6.61 Å². The normalized spacial score (nSPS) is 14.4. The molecule has 4 nitrogen and oxygen atoms in total. The van der Waals surface area contributed by atoms with Gasteiger partial charge in [-0.3, -0.25) is 4.79 Å². The number of nitrogen functional groups attached to an aromatic ring is 1. The van der Waals surface area contributed by atoms with Crippen LogP contribution in [0.1, 0.15) is 18.4 Å². The summed E-state index contributed by atoms with van der Waals surface area (Å²) in [5, 5.41) is 0. The highest BCUT2D eigenvalue weighted by molar-refractivity contribution is 9.10. The van der Waals surface area contributed by atoms with Gasteiger partial charge in [0.05, 0.1) is 5.69 Å². The minimum absolute atomic E-state index is 0.000723. The molecule has 5 heteroatoms. The zero-order valence-electron chi connectivity index (χ0n) is 10.6. The fraction of sp³-hybridized carbons (Fsp3) is 0.462. The Balaban J connectivity index is 1.99. The van der Waals surface area contributed by atoms with Gasteiger partial charge in [-0.25, -0.2) is 0 Å². The lowest BCUT2D eigenvalue weighted by molar-refractivity contribution is -0.132. The fourth-order valence-corrected chi connectivity index (χ4v) is 2.44. The zero-order valence-corrected chi connectivity index (χ0v) is 12.2. The van der Waals surface area contributed by atoms with Crippen LogP contribution in [-0.4, -0.2) is 30.5 Å². The molecule has 0 spiro atoms. The number of halogens is 1. The number of carbonyl (C=O) groups is 1. The third-order valence-corrected chi connectivity index (χ3v) is 3.55. The third-order valence-electron chi connectivity index (χ3n) is 3.10. The van der Waals surface area contributed by atoms with Gasteiger partial charge in [0.25, 0.3) is 5.91 Å². The predicted molar refractivity (Wildman–Crippen MR) is 74.6 cm³/mol. The molecule has 0 bridgehead atoms. The monoisotopic (exact) mass is 312 g/mol. The maximum absolute atomic E-state index is 11.8. The van der Waals surface area contributed by atoms with Crippen LogP contribution in [0.3, 0.4) is 0 Å². The van der Waals surface area contributed by atoms with Crippen LogP contribution in [-0.2, 0) is 4.79 Å². The average Bonchev–Trinajstić information content (AvgIpc) is 3.09. The maximum Gasteiger partial charge on any atom is 0.260 e. The number of hydrogen-bond donors (Lipinski definition) is 1. The highest BCUT2D eigenvalue weighted by atomic mass is 79.9. The number of aryl methyl sites for hydroxylation is 1. The Bertz CT molecular complexity index is 449. The molecule has 0 radical (unpaired) electrons. The molecule has 0 atom stereocenters. The Morgan fingerprint density at radius 2 is 2.22 bits per heavy atom. The molecule has 1 saturated carbocycles. The topological polar surface area (TPSA) is 55.6 Å². The van der Waals surface area contributed by atoms with Crippen LogP contribution in [0.15, 0.2) is 16.6 Å². The quantitative estimate of drug-likeness (QED) is 0.868. The standard InChI is InChI=1S/C13H17BrN2O2/c1-8-5-9(14)6-11(15)13(8)18-7-12(17)16(2)10-3-4-10/h5-6,10H,3-4,7,15H2,1-2H3. The second-order valence-electron chi connectivity index (χ2n) is 4.67. The summed E-state index contributed by atoms with van der Waals surface area (Å²) < 4.78 is 6.45. The average molecular weight is 313 g/mol. The van der Waals surface area contributed by atoms with Crippen LogP contribution in [0.2, 0.25) is 0 Å². The molecule has 0 saturated heterocycles.